The summed E-state index contributed by atoms with van der Waals surface area (Å²) in [5.41, 5.74) is 0.385. The Labute approximate surface area is 52.2 Å². The maximum atomic E-state index is 12.2. The van der Waals surface area contributed by atoms with Crippen molar-refractivity contribution in [3.05, 3.63) is 36.0 Å². The van der Waals surface area contributed by atoms with E-state index in [-0.39, 0.29) is 6.42 Å². The summed E-state index contributed by atoms with van der Waals surface area (Å²) >= 11 is 0. The van der Waals surface area contributed by atoms with E-state index in [2.05, 4.69) is 6.58 Å². The molecule has 2 heteroatoms. The maximum absolute atomic E-state index is 12.2. The van der Waals surface area contributed by atoms with Crippen molar-refractivity contribution in [3.63, 3.8) is 0 Å². The molecule has 0 spiro atoms. The lowest BCUT2D eigenvalue weighted by Crippen LogP contribution is -1.85. The molecule has 48 valence electrons. The molecule has 0 bridgehead atoms. The molecule has 1 aliphatic rings. The summed E-state index contributed by atoms with van der Waals surface area (Å²) in [5.74, 6) is -0.917. The molecule has 0 aromatic carbocycles. The second-order valence-corrected chi connectivity index (χ2v) is 1.93. The van der Waals surface area contributed by atoms with E-state index < -0.39 is 11.7 Å². The van der Waals surface area contributed by atoms with E-state index in [1.807, 2.05) is 0 Å². The van der Waals surface area contributed by atoms with Gasteiger partial charge in [0.1, 0.15) is 11.7 Å². The lowest BCUT2D eigenvalue weighted by molar-refractivity contribution is 0.535. The maximum Gasteiger partial charge on any atom is 0.107 e. The summed E-state index contributed by atoms with van der Waals surface area (Å²) in [6, 6.07) is 0. The molecule has 1 aliphatic carbocycles. The van der Waals surface area contributed by atoms with Crippen LogP contribution in [0.3, 0.4) is 0 Å². The van der Waals surface area contributed by atoms with Crippen LogP contribution in [0.1, 0.15) is 6.42 Å². The molecule has 0 aliphatic heterocycles. The molecule has 0 saturated heterocycles. The van der Waals surface area contributed by atoms with Crippen LogP contribution in [-0.2, 0) is 0 Å². The van der Waals surface area contributed by atoms with Gasteiger partial charge in [0, 0.05) is 0 Å². The molecule has 0 atom stereocenters. The van der Waals surface area contributed by atoms with E-state index >= 15 is 0 Å². The minimum absolute atomic E-state index is 0.209. The largest absolute Gasteiger partial charge is 0.211 e. The Kier molecular flexibility index (Phi) is 1.47. The Morgan fingerprint density at radius 1 is 1.22 bits per heavy atom. The van der Waals surface area contributed by atoms with Gasteiger partial charge in [0.2, 0.25) is 0 Å². The molecular formula is C7H6F2. The van der Waals surface area contributed by atoms with Crippen molar-refractivity contribution in [2.75, 3.05) is 0 Å². The van der Waals surface area contributed by atoms with Crippen LogP contribution in [0.25, 0.3) is 0 Å². The van der Waals surface area contributed by atoms with Gasteiger partial charge in [0.25, 0.3) is 0 Å². The molecule has 0 amide bonds. The predicted molar refractivity (Wildman–Crippen MR) is 32.1 cm³/mol. The van der Waals surface area contributed by atoms with Crippen LogP contribution >= 0.6 is 0 Å². The molecule has 0 radical (unpaired) electrons. The van der Waals surface area contributed by atoms with Crippen molar-refractivity contribution in [1.82, 2.24) is 0 Å². The third-order valence-electron chi connectivity index (χ3n) is 1.02. The molecule has 0 saturated carbocycles. The Hall–Kier alpha value is -0.920. The smallest absolute Gasteiger partial charge is 0.107 e. The molecule has 0 nitrogen and oxygen atoms in total. The molecule has 0 aromatic heterocycles. The highest BCUT2D eigenvalue weighted by atomic mass is 19.1. The second-order valence-electron chi connectivity index (χ2n) is 1.93. The molecule has 0 N–H and O–H groups in total. The third kappa shape index (κ3) is 1.49. The van der Waals surface area contributed by atoms with Gasteiger partial charge in [-0.1, -0.05) is 6.58 Å². The second kappa shape index (κ2) is 2.13. The van der Waals surface area contributed by atoms with Gasteiger partial charge in [-0.2, -0.15) is 0 Å². The van der Waals surface area contributed by atoms with Crippen molar-refractivity contribution in [2.45, 2.75) is 6.42 Å². The quantitative estimate of drug-likeness (QED) is 0.470. The molecule has 0 unspecified atom stereocenters. The van der Waals surface area contributed by atoms with Crippen molar-refractivity contribution in [2.24, 2.45) is 0 Å². The zero-order chi connectivity index (χ0) is 6.85. The Morgan fingerprint density at radius 3 is 2.00 bits per heavy atom. The summed E-state index contributed by atoms with van der Waals surface area (Å²) in [6.45, 7) is 3.38. The molecule has 1 rings (SSSR count). The average Bonchev–Trinajstić information content (AvgIpc) is 1.59. The molecule has 0 heterocycles. The average molecular weight is 128 g/mol. The monoisotopic (exact) mass is 128 g/mol. The minimum atomic E-state index is -0.458. The summed E-state index contributed by atoms with van der Waals surface area (Å²) in [6.07, 6.45) is 2.24. The van der Waals surface area contributed by atoms with Crippen molar-refractivity contribution in [1.29, 1.82) is 0 Å². The van der Waals surface area contributed by atoms with Crippen LogP contribution in [0.2, 0.25) is 0 Å². The third-order valence-corrected chi connectivity index (χ3v) is 1.02. The first-order valence-corrected chi connectivity index (χ1v) is 2.59. The Bertz CT molecular complexity index is 179. The van der Waals surface area contributed by atoms with Crippen LogP contribution in [0.15, 0.2) is 36.0 Å². The first kappa shape index (κ1) is 6.20. The van der Waals surface area contributed by atoms with Crippen LogP contribution in [-0.4, -0.2) is 0 Å². The predicted octanol–water partition coefficient (Wildman–Crippen LogP) is 2.65. The summed E-state index contributed by atoms with van der Waals surface area (Å²) in [7, 11) is 0. The first-order chi connectivity index (χ1) is 4.18. The van der Waals surface area contributed by atoms with Crippen LogP contribution < -0.4 is 0 Å². The molecule has 0 aromatic rings. The van der Waals surface area contributed by atoms with Crippen LogP contribution in [0.5, 0.6) is 0 Å². The standard InChI is InChI=1S/C7H6F2/c1-5-2-6(8)4-7(9)3-5/h2-3H,1,4H2. The van der Waals surface area contributed by atoms with Crippen LogP contribution in [0.4, 0.5) is 8.78 Å². The van der Waals surface area contributed by atoms with Crippen LogP contribution in [0, 0.1) is 0 Å². The van der Waals surface area contributed by atoms with Gasteiger partial charge in [-0.15, -0.1) is 0 Å². The van der Waals surface area contributed by atoms with E-state index in [1.54, 1.807) is 0 Å². The highest BCUT2D eigenvalue weighted by molar-refractivity contribution is 5.35. The number of hydrogen-bond acceptors (Lipinski definition) is 0. The molecule has 9 heavy (non-hydrogen) atoms. The van der Waals surface area contributed by atoms with Gasteiger partial charge in [-0.25, -0.2) is 8.78 Å². The lowest BCUT2D eigenvalue weighted by atomic mass is 10.1. The van der Waals surface area contributed by atoms with Crippen molar-refractivity contribution >= 4 is 0 Å². The minimum Gasteiger partial charge on any atom is -0.211 e. The number of rotatable bonds is 0. The highest BCUT2D eigenvalue weighted by Gasteiger charge is 2.06. The normalized spacial score (nSPS) is 19.1. The topological polar surface area (TPSA) is 0 Å². The number of allylic oxidation sites excluding steroid dienone is 5. The molecular weight excluding hydrogens is 122 g/mol. The fraction of sp³-hybridized carbons (Fsp3) is 0.143. The van der Waals surface area contributed by atoms with E-state index in [4.69, 9.17) is 0 Å². The van der Waals surface area contributed by atoms with Gasteiger partial charge >= 0.3 is 0 Å². The van der Waals surface area contributed by atoms with E-state index in [9.17, 15) is 8.78 Å². The highest BCUT2D eigenvalue weighted by Crippen LogP contribution is 2.21. The van der Waals surface area contributed by atoms with Crippen molar-refractivity contribution < 1.29 is 8.78 Å². The van der Waals surface area contributed by atoms with E-state index in [1.165, 1.54) is 12.2 Å². The molecule has 0 fully saturated rings. The van der Waals surface area contributed by atoms with E-state index in [0.717, 1.165) is 0 Å². The van der Waals surface area contributed by atoms with Gasteiger partial charge in [0.15, 0.2) is 0 Å². The van der Waals surface area contributed by atoms with Crippen molar-refractivity contribution in [3.8, 4) is 0 Å². The number of hydrogen-bond donors (Lipinski definition) is 0. The fourth-order valence-corrected chi connectivity index (χ4v) is 0.707. The van der Waals surface area contributed by atoms with Gasteiger partial charge in [-0.3, -0.25) is 0 Å². The number of halogens is 2. The fourth-order valence-electron chi connectivity index (χ4n) is 0.707. The van der Waals surface area contributed by atoms with Gasteiger partial charge in [-0.05, 0) is 17.7 Å². The first-order valence-electron chi connectivity index (χ1n) is 2.59. The van der Waals surface area contributed by atoms with Gasteiger partial charge < -0.3 is 0 Å². The zero-order valence-corrected chi connectivity index (χ0v) is 4.82. The summed E-state index contributed by atoms with van der Waals surface area (Å²) in [5, 5.41) is 0. The van der Waals surface area contributed by atoms with Gasteiger partial charge in [0.05, 0.1) is 6.42 Å². The lowest BCUT2D eigenvalue weighted by Gasteiger charge is -2.01. The SMILES string of the molecule is C=C1C=C(F)CC(F)=C1. The summed E-state index contributed by atoms with van der Waals surface area (Å²) < 4.78 is 24.4. The zero-order valence-electron chi connectivity index (χ0n) is 4.82. The Balaban J connectivity index is 2.81. The summed E-state index contributed by atoms with van der Waals surface area (Å²) in [4.78, 5) is 0. The van der Waals surface area contributed by atoms with E-state index in [0.29, 0.717) is 5.57 Å². The Morgan fingerprint density at radius 2 is 1.67 bits per heavy atom.